The van der Waals surface area contributed by atoms with E-state index >= 15 is 0 Å². The van der Waals surface area contributed by atoms with Gasteiger partial charge in [0.15, 0.2) is 0 Å². The van der Waals surface area contributed by atoms with E-state index in [1.165, 1.54) is 6.92 Å². The second-order valence-corrected chi connectivity index (χ2v) is 4.84. The lowest BCUT2D eigenvalue weighted by molar-refractivity contribution is -0.146. The summed E-state index contributed by atoms with van der Waals surface area (Å²) in [6.07, 6.45) is 0. The number of hydrogen-bond donors (Lipinski definition) is 0. The molecule has 0 saturated carbocycles. The molecule has 0 radical (unpaired) electrons. The quantitative estimate of drug-likeness (QED) is 0.712. The lowest BCUT2D eigenvalue weighted by Gasteiger charge is -2.30. The third kappa shape index (κ3) is 2.83. The molecule has 1 atom stereocenters. The molecule has 0 spiro atoms. The summed E-state index contributed by atoms with van der Waals surface area (Å²) in [5.41, 5.74) is 0. The van der Waals surface area contributed by atoms with E-state index in [0.717, 1.165) is 18.4 Å². The van der Waals surface area contributed by atoms with Crippen molar-refractivity contribution in [1.82, 2.24) is 4.90 Å². The van der Waals surface area contributed by atoms with Crippen molar-refractivity contribution in [1.29, 1.82) is 0 Å². The van der Waals surface area contributed by atoms with Crippen LogP contribution in [0.5, 0.6) is 0 Å². The molecule has 0 aromatic rings. The van der Waals surface area contributed by atoms with Gasteiger partial charge in [-0.3, -0.25) is 4.79 Å². The van der Waals surface area contributed by atoms with Gasteiger partial charge in [-0.15, -0.1) is 0 Å². The van der Waals surface area contributed by atoms with E-state index < -0.39 is 17.7 Å². The molecule has 1 fully saturated rings. The summed E-state index contributed by atoms with van der Waals surface area (Å²) in [5, 5.41) is 0. The number of amides is 1. The first-order valence-corrected chi connectivity index (χ1v) is 5.82. The van der Waals surface area contributed by atoms with Crippen LogP contribution in [0.4, 0.5) is 8.78 Å². The average molecular weight is 223 g/mol. The van der Waals surface area contributed by atoms with Gasteiger partial charge in [0.2, 0.25) is 5.91 Å². The first-order chi connectivity index (χ1) is 6.43. The normalized spacial score (nSPS) is 20.7. The van der Waals surface area contributed by atoms with Gasteiger partial charge in [0.25, 0.3) is 5.92 Å². The highest BCUT2D eigenvalue weighted by atomic mass is 32.2. The third-order valence-corrected chi connectivity index (χ3v) is 3.40. The van der Waals surface area contributed by atoms with Crippen molar-refractivity contribution in [2.24, 2.45) is 5.92 Å². The van der Waals surface area contributed by atoms with Crippen LogP contribution in [0, 0.1) is 5.92 Å². The fourth-order valence-electron chi connectivity index (χ4n) is 1.27. The van der Waals surface area contributed by atoms with Gasteiger partial charge in [0.05, 0.1) is 5.92 Å². The molecule has 0 N–H and O–H groups in total. The Morgan fingerprint density at radius 3 is 2.36 bits per heavy atom. The highest BCUT2D eigenvalue weighted by molar-refractivity contribution is 7.99. The molecule has 1 rings (SSSR count). The van der Waals surface area contributed by atoms with Gasteiger partial charge in [-0.2, -0.15) is 11.8 Å². The summed E-state index contributed by atoms with van der Waals surface area (Å²) < 4.78 is 25.7. The molecule has 82 valence electrons. The van der Waals surface area contributed by atoms with Crippen LogP contribution in [0.25, 0.3) is 0 Å². The second-order valence-electron chi connectivity index (χ2n) is 3.62. The van der Waals surface area contributed by atoms with Crippen LogP contribution >= 0.6 is 11.8 Å². The SMILES string of the molecule is C[C@@H](C(=O)N1CCSCC1)C(C)(F)F. The number of alkyl halides is 2. The van der Waals surface area contributed by atoms with Gasteiger partial charge in [-0.25, -0.2) is 8.78 Å². The summed E-state index contributed by atoms with van der Waals surface area (Å²) >= 11 is 1.75. The number of carbonyl (C=O) groups is 1. The fourth-order valence-corrected chi connectivity index (χ4v) is 2.18. The Bertz CT molecular complexity index is 211. The highest BCUT2D eigenvalue weighted by Crippen LogP contribution is 2.26. The zero-order valence-electron chi connectivity index (χ0n) is 8.43. The Kier molecular flexibility index (Phi) is 3.75. The lowest BCUT2D eigenvalue weighted by Crippen LogP contribution is -2.45. The van der Waals surface area contributed by atoms with Crippen molar-refractivity contribution >= 4 is 17.7 Å². The van der Waals surface area contributed by atoms with Crippen LogP contribution in [-0.2, 0) is 4.79 Å². The second kappa shape index (κ2) is 4.47. The monoisotopic (exact) mass is 223 g/mol. The first kappa shape index (κ1) is 11.8. The molecule has 2 nitrogen and oxygen atoms in total. The number of nitrogens with zero attached hydrogens (tertiary/aromatic N) is 1. The molecule has 1 amide bonds. The molecule has 0 aromatic heterocycles. The third-order valence-electron chi connectivity index (χ3n) is 2.45. The molecule has 5 heteroatoms. The smallest absolute Gasteiger partial charge is 0.256 e. The number of rotatable bonds is 2. The molecule has 1 aliphatic rings. The molecule has 1 aliphatic heterocycles. The Morgan fingerprint density at radius 2 is 1.93 bits per heavy atom. The molecule has 1 heterocycles. The Balaban J connectivity index is 2.55. The molecule has 0 aromatic carbocycles. The number of halogens is 2. The summed E-state index contributed by atoms with van der Waals surface area (Å²) in [6, 6.07) is 0. The molecular formula is C9H15F2NOS. The van der Waals surface area contributed by atoms with E-state index in [4.69, 9.17) is 0 Å². The van der Waals surface area contributed by atoms with Gasteiger partial charge in [0, 0.05) is 31.5 Å². The largest absolute Gasteiger partial charge is 0.341 e. The van der Waals surface area contributed by atoms with Gasteiger partial charge < -0.3 is 4.90 Å². The first-order valence-electron chi connectivity index (χ1n) is 4.67. The Morgan fingerprint density at radius 1 is 1.43 bits per heavy atom. The topological polar surface area (TPSA) is 20.3 Å². The molecular weight excluding hydrogens is 208 g/mol. The zero-order valence-corrected chi connectivity index (χ0v) is 9.24. The van der Waals surface area contributed by atoms with E-state index in [0.29, 0.717) is 13.1 Å². The summed E-state index contributed by atoms with van der Waals surface area (Å²) in [4.78, 5) is 13.1. The molecule has 0 bridgehead atoms. The molecule has 0 unspecified atom stereocenters. The maximum atomic E-state index is 12.9. The Labute approximate surface area is 87.0 Å². The van der Waals surface area contributed by atoms with Crippen molar-refractivity contribution in [2.45, 2.75) is 19.8 Å². The maximum absolute atomic E-state index is 12.9. The van der Waals surface area contributed by atoms with Crippen LogP contribution < -0.4 is 0 Å². The van der Waals surface area contributed by atoms with Crippen LogP contribution in [0.1, 0.15) is 13.8 Å². The standard InChI is InChI=1S/C9H15F2NOS/c1-7(9(2,10)11)8(13)12-3-5-14-6-4-12/h7H,3-6H2,1-2H3/t7-/m0/s1. The molecule has 14 heavy (non-hydrogen) atoms. The Hall–Kier alpha value is -0.320. The number of carbonyl (C=O) groups excluding carboxylic acids is 1. The number of hydrogen-bond acceptors (Lipinski definition) is 2. The molecule has 0 aliphatic carbocycles. The average Bonchev–Trinajstić information content (AvgIpc) is 2.15. The summed E-state index contributed by atoms with van der Waals surface area (Å²) in [5.74, 6) is -2.83. The van der Waals surface area contributed by atoms with Gasteiger partial charge in [-0.1, -0.05) is 0 Å². The van der Waals surface area contributed by atoms with Crippen molar-refractivity contribution in [2.75, 3.05) is 24.6 Å². The zero-order chi connectivity index (χ0) is 10.8. The lowest BCUT2D eigenvalue weighted by atomic mass is 10.0. The fraction of sp³-hybridized carbons (Fsp3) is 0.889. The van der Waals surface area contributed by atoms with Crippen LogP contribution in [0.15, 0.2) is 0 Å². The minimum atomic E-state index is -2.92. The maximum Gasteiger partial charge on any atom is 0.256 e. The number of thioether (sulfide) groups is 1. The minimum absolute atomic E-state index is 0.419. The van der Waals surface area contributed by atoms with Crippen molar-refractivity contribution in [3.05, 3.63) is 0 Å². The van der Waals surface area contributed by atoms with E-state index in [1.54, 1.807) is 16.7 Å². The highest BCUT2D eigenvalue weighted by Gasteiger charge is 2.38. The van der Waals surface area contributed by atoms with E-state index in [9.17, 15) is 13.6 Å². The predicted octanol–water partition coefficient (Wildman–Crippen LogP) is 1.85. The van der Waals surface area contributed by atoms with Gasteiger partial charge >= 0.3 is 0 Å². The van der Waals surface area contributed by atoms with E-state index in [2.05, 4.69) is 0 Å². The summed E-state index contributed by atoms with van der Waals surface area (Å²) in [6.45, 7) is 3.30. The predicted molar refractivity (Wildman–Crippen MR) is 53.7 cm³/mol. The van der Waals surface area contributed by atoms with Crippen LogP contribution in [0.2, 0.25) is 0 Å². The van der Waals surface area contributed by atoms with Gasteiger partial charge in [-0.05, 0) is 6.92 Å². The minimum Gasteiger partial charge on any atom is -0.341 e. The van der Waals surface area contributed by atoms with Crippen LogP contribution in [-0.4, -0.2) is 41.3 Å². The molecule has 1 saturated heterocycles. The van der Waals surface area contributed by atoms with Crippen molar-refractivity contribution < 1.29 is 13.6 Å². The van der Waals surface area contributed by atoms with E-state index in [1.807, 2.05) is 0 Å². The van der Waals surface area contributed by atoms with Gasteiger partial charge in [0.1, 0.15) is 0 Å². The summed E-state index contributed by atoms with van der Waals surface area (Å²) in [7, 11) is 0. The van der Waals surface area contributed by atoms with Crippen molar-refractivity contribution in [3.8, 4) is 0 Å². The van der Waals surface area contributed by atoms with E-state index in [-0.39, 0.29) is 0 Å². The van der Waals surface area contributed by atoms with Crippen LogP contribution in [0.3, 0.4) is 0 Å². The van der Waals surface area contributed by atoms with Crippen molar-refractivity contribution in [3.63, 3.8) is 0 Å².